The molecule has 11 heteroatoms. The van der Waals surface area contributed by atoms with Crippen molar-refractivity contribution in [3.63, 3.8) is 0 Å². The van der Waals surface area contributed by atoms with Crippen LogP contribution in [0.3, 0.4) is 0 Å². The van der Waals surface area contributed by atoms with Crippen molar-refractivity contribution in [2.75, 3.05) is 0 Å². The zero-order chi connectivity index (χ0) is 25.4. The van der Waals surface area contributed by atoms with E-state index in [1.807, 2.05) is 20.8 Å². The third-order valence-corrected chi connectivity index (χ3v) is 6.78. The van der Waals surface area contributed by atoms with Crippen molar-refractivity contribution in [3.05, 3.63) is 47.1 Å². The van der Waals surface area contributed by atoms with Crippen molar-refractivity contribution >= 4 is 49.4 Å². The lowest BCUT2D eigenvalue weighted by atomic mass is 10.2. The highest BCUT2D eigenvalue weighted by molar-refractivity contribution is 7.79. The normalized spacial score (nSPS) is 10.8. The molecular weight excluding hydrogens is 492 g/mol. The van der Waals surface area contributed by atoms with Crippen LogP contribution >= 0.6 is 37.3 Å². The fraction of sp³-hybridized carbons (Fsp3) is 0.522. The van der Waals surface area contributed by atoms with Gasteiger partial charge in [-0.2, -0.15) is 0 Å². The molecule has 34 heavy (non-hydrogen) atoms. The number of aromatic nitrogens is 4. The zero-order valence-electron chi connectivity index (χ0n) is 19.8. The van der Waals surface area contributed by atoms with Crippen molar-refractivity contribution < 1.29 is 10.2 Å². The average molecular weight is 525 g/mol. The number of nitrogens with zero attached hydrogens (tertiary/aromatic N) is 4. The molecule has 2 aromatic heterocycles. The van der Waals surface area contributed by atoms with Gasteiger partial charge in [0, 0.05) is 19.6 Å². The molecule has 0 aliphatic heterocycles. The predicted octanol–water partition coefficient (Wildman–Crippen LogP) is 4.90. The molecule has 0 aromatic carbocycles. The predicted molar refractivity (Wildman–Crippen MR) is 144 cm³/mol. The second-order valence-electron chi connectivity index (χ2n) is 7.93. The molecule has 0 unspecified atom stereocenters. The van der Waals surface area contributed by atoms with Gasteiger partial charge in [-0.05, 0) is 55.9 Å². The first kappa shape index (κ1) is 27.9. The molecule has 2 N–H and O–H groups in total. The van der Waals surface area contributed by atoms with Gasteiger partial charge in [-0.3, -0.25) is 23.3 Å². The molecule has 0 saturated carbocycles. The molecule has 0 fully saturated rings. The Morgan fingerprint density at radius 2 is 1.18 bits per heavy atom. The van der Waals surface area contributed by atoms with E-state index < -0.39 is 11.1 Å². The number of aromatic hydroxyl groups is 2. The highest BCUT2D eigenvalue weighted by atomic mass is 32.1. The van der Waals surface area contributed by atoms with Crippen LogP contribution in [0.4, 0.5) is 0 Å². The number of thiol groups is 1. The van der Waals surface area contributed by atoms with Gasteiger partial charge in [-0.25, -0.2) is 3.97 Å². The largest absolute Gasteiger partial charge is 0.494 e. The van der Waals surface area contributed by atoms with E-state index in [9.17, 15) is 19.8 Å². The Bertz CT molecular complexity index is 1330. The van der Waals surface area contributed by atoms with Crippen LogP contribution in [0.25, 0.3) is 12.2 Å². The molecule has 2 rings (SSSR count). The summed E-state index contributed by atoms with van der Waals surface area (Å²) in [6.07, 6.45) is 7.52. The van der Waals surface area contributed by atoms with E-state index in [4.69, 9.17) is 24.4 Å². The fourth-order valence-corrected chi connectivity index (χ4v) is 4.19. The fourth-order valence-electron chi connectivity index (χ4n) is 3.37. The summed E-state index contributed by atoms with van der Waals surface area (Å²) in [7, 11) is 0. The molecule has 0 amide bonds. The smallest absolute Gasteiger partial charge is 0.276 e. The number of rotatable bonds is 11. The Morgan fingerprint density at radius 1 is 0.765 bits per heavy atom. The van der Waals surface area contributed by atoms with Gasteiger partial charge in [0.25, 0.3) is 11.1 Å². The van der Waals surface area contributed by atoms with E-state index in [0.29, 0.717) is 19.6 Å². The van der Waals surface area contributed by atoms with E-state index in [0.717, 1.165) is 42.5 Å². The topological polar surface area (TPSA) is 94.3 Å². The van der Waals surface area contributed by atoms with Crippen molar-refractivity contribution in [2.45, 2.75) is 78.9 Å². The standard InChI is InChI=1S/C23H32N4O4S3/c1-4-7-13-24-18(28)16(19(29)25(22(24)32)14-8-5-2)11-10-12-17-20(30)26(15-9-6-3)23(33)27(34)21(17)31/h11-12,28,30,34H,4-9,13-15H2,1-3H3. The molecule has 0 aliphatic rings. The quantitative estimate of drug-likeness (QED) is 0.220. The van der Waals surface area contributed by atoms with Crippen molar-refractivity contribution in [1.29, 1.82) is 0 Å². The van der Waals surface area contributed by atoms with E-state index >= 15 is 0 Å². The molecule has 0 bridgehead atoms. The number of unbranched alkanes of at least 4 members (excludes halogenated alkanes) is 3. The summed E-state index contributed by atoms with van der Waals surface area (Å²) < 4.78 is 5.81. The maximum absolute atomic E-state index is 13.1. The van der Waals surface area contributed by atoms with Crippen LogP contribution in [0.1, 0.15) is 70.4 Å². The summed E-state index contributed by atoms with van der Waals surface area (Å²) in [5.74, 6) is -0.537. The summed E-state index contributed by atoms with van der Waals surface area (Å²) in [5.41, 5.74) is 1.68. The molecule has 0 saturated heterocycles. The molecule has 0 atom stereocenters. The van der Waals surface area contributed by atoms with Gasteiger partial charge in [0.1, 0.15) is 11.1 Å². The summed E-state index contributed by atoms with van der Waals surface area (Å²) in [6.45, 7) is 7.38. The average Bonchev–Trinajstić information content (AvgIpc) is 2.81. The van der Waals surface area contributed by atoms with Gasteiger partial charge in [-0.15, -0.1) is 5.73 Å². The zero-order valence-corrected chi connectivity index (χ0v) is 22.3. The van der Waals surface area contributed by atoms with Crippen LogP contribution < -0.4 is 11.1 Å². The molecule has 2 heterocycles. The molecule has 0 spiro atoms. The lowest BCUT2D eigenvalue weighted by Gasteiger charge is -2.15. The van der Waals surface area contributed by atoms with Crippen molar-refractivity contribution in [1.82, 2.24) is 17.7 Å². The van der Waals surface area contributed by atoms with Gasteiger partial charge >= 0.3 is 0 Å². The summed E-state index contributed by atoms with van der Waals surface area (Å²) >= 11 is 14.9. The van der Waals surface area contributed by atoms with Crippen LogP contribution in [0.2, 0.25) is 0 Å². The minimum atomic E-state index is -0.608. The van der Waals surface area contributed by atoms with Crippen LogP contribution in [0.15, 0.2) is 15.3 Å². The van der Waals surface area contributed by atoms with Crippen LogP contribution in [-0.2, 0) is 19.6 Å². The highest BCUT2D eigenvalue weighted by Crippen LogP contribution is 2.19. The maximum atomic E-state index is 13.1. The monoisotopic (exact) mass is 524 g/mol. The van der Waals surface area contributed by atoms with E-state index in [1.165, 1.54) is 21.3 Å². The minimum Gasteiger partial charge on any atom is -0.494 e. The SMILES string of the molecule is CCCCn1c(O)c(C=C=Cc2c(O)n(CCCC)c(=S)n(CCCC)c2=O)c(=O)n(S)c1=S. The van der Waals surface area contributed by atoms with Gasteiger partial charge < -0.3 is 10.2 Å². The maximum Gasteiger partial charge on any atom is 0.276 e. The number of hydrogen-bond acceptors (Lipinski definition) is 7. The molecule has 2 aromatic rings. The van der Waals surface area contributed by atoms with Gasteiger partial charge in [-0.1, -0.05) is 52.8 Å². The first-order valence-corrected chi connectivity index (χ1v) is 12.7. The van der Waals surface area contributed by atoms with Crippen LogP contribution in [0, 0.1) is 9.54 Å². The molecule has 0 aliphatic carbocycles. The van der Waals surface area contributed by atoms with E-state index in [-0.39, 0.29) is 32.4 Å². The Labute approximate surface area is 214 Å². The molecular formula is C23H32N4O4S3. The van der Waals surface area contributed by atoms with Crippen molar-refractivity contribution in [2.24, 2.45) is 0 Å². The third kappa shape index (κ3) is 6.02. The second-order valence-corrected chi connectivity index (χ2v) is 9.06. The Hall–Kier alpha value is -2.33. The second kappa shape index (κ2) is 12.9. The lowest BCUT2D eigenvalue weighted by Crippen LogP contribution is -2.27. The summed E-state index contributed by atoms with van der Waals surface area (Å²) in [5, 5.41) is 21.5. The van der Waals surface area contributed by atoms with Gasteiger partial charge in [0.15, 0.2) is 9.54 Å². The van der Waals surface area contributed by atoms with Crippen LogP contribution in [-0.4, -0.2) is 27.9 Å². The lowest BCUT2D eigenvalue weighted by molar-refractivity contribution is 0.387. The molecule has 0 radical (unpaired) electrons. The third-order valence-electron chi connectivity index (χ3n) is 5.43. The summed E-state index contributed by atoms with van der Waals surface area (Å²) in [4.78, 5) is 25.7. The summed E-state index contributed by atoms with van der Waals surface area (Å²) in [6, 6.07) is 0. The Morgan fingerprint density at radius 3 is 1.65 bits per heavy atom. The van der Waals surface area contributed by atoms with Crippen LogP contribution in [0.5, 0.6) is 11.8 Å². The Kier molecular flexibility index (Phi) is 10.6. The molecule has 186 valence electrons. The highest BCUT2D eigenvalue weighted by Gasteiger charge is 2.16. The first-order valence-electron chi connectivity index (χ1n) is 11.5. The first-order chi connectivity index (χ1) is 16.2. The molecule has 8 nitrogen and oxygen atoms in total. The van der Waals surface area contributed by atoms with Gasteiger partial charge in [0.05, 0.1) is 0 Å². The number of hydrogen-bond donors (Lipinski definition) is 3. The van der Waals surface area contributed by atoms with E-state index in [1.54, 1.807) is 4.57 Å². The van der Waals surface area contributed by atoms with Gasteiger partial charge in [0.2, 0.25) is 11.8 Å². The van der Waals surface area contributed by atoms with E-state index in [2.05, 4.69) is 18.5 Å². The van der Waals surface area contributed by atoms with Crippen molar-refractivity contribution in [3.8, 4) is 11.8 Å². The minimum absolute atomic E-state index is 0.0153. The Balaban J connectivity index is 2.69.